The van der Waals surface area contributed by atoms with Crippen LogP contribution < -0.4 is 10.6 Å². The number of rotatable bonds is 7. The van der Waals surface area contributed by atoms with Crippen LogP contribution in [0.2, 0.25) is 0 Å². The van der Waals surface area contributed by atoms with Crippen molar-refractivity contribution in [3.8, 4) is 0 Å². The molecule has 0 aromatic carbocycles. The molecule has 2 saturated carbocycles. The molecule has 0 spiro atoms. The lowest BCUT2D eigenvalue weighted by Gasteiger charge is -2.32. The summed E-state index contributed by atoms with van der Waals surface area (Å²) in [5, 5.41) is 14.1. The predicted octanol–water partition coefficient (Wildman–Crippen LogP) is 1.05. The number of hydrogen-bond donors (Lipinski definition) is 3. The zero-order chi connectivity index (χ0) is 15.2. The molecule has 0 heterocycles. The third kappa shape index (κ3) is 5.02. The zero-order valence-electron chi connectivity index (χ0n) is 12.3. The summed E-state index contributed by atoms with van der Waals surface area (Å²) in [7, 11) is 0. The average Bonchev–Trinajstić information content (AvgIpc) is 2.90. The third-order valence-electron chi connectivity index (χ3n) is 4.55. The predicted molar refractivity (Wildman–Crippen MR) is 76.5 cm³/mol. The molecule has 2 rings (SSSR count). The first kappa shape index (κ1) is 15.8. The van der Waals surface area contributed by atoms with Crippen LogP contribution in [0.1, 0.15) is 51.4 Å². The standard InChI is InChI=1S/C15H24N2O4/c18-13(6-5-10-3-1-2-4-10)16-9-14(19)17-12-7-11(8-12)15(20)21/h10-12H,1-9H2,(H,16,18)(H,17,19)(H,20,21). The van der Waals surface area contributed by atoms with Gasteiger partial charge in [0.25, 0.3) is 0 Å². The Kier molecular flexibility index (Phi) is 5.59. The molecule has 2 fully saturated rings. The van der Waals surface area contributed by atoms with E-state index < -0.39 is 5.97 Å². The van der Waals surface area contributed by atoms with E-state index in [1.807, 2.05) is 0 Å². The van der Waals surface area contributed by atoms with E-state index in [1.165, 1.54) is 25.7 Å². The monoisotopic (exact) mass is 296 g/mol. The van der Waals surface area contributed by atoms with Crippen molar-refractivity contribution in [1.82, 2.24) is 10.6 Å². The molecule has 0 unspecified atom stereocenters. The van der Waals surface area contributed by atoms with Crippen LogP contribution in [-0.2, 0) is 14.4 Å². The van der Waals surface area contributed by atoms with Crippen molar-refractivity contribution in [3.63, 3.8) is 0 Å². The Morgan fingerprint density at radius 1 is 1.05 bits per heavy atom. The van der Waals surface area contributed by atoms with Gasteiger partial charge < -0.3 is 15.7 Å². The summed E-state index contributed by atoms with van der Waals surface area (Å²) in [5.74, 6) is -0.781. The molecule has 6 heteroatoms. The molecule has 0 aromatic heterocycles. The van der Waals surface area contributed by atoms with Crippen molar-refractivity contribution < 1.29 is 19.5 Å². The molecule has 0 bridgehead atoms. The van der Waals surface area contributed by atoms with Crippen LogP contribution in [0.15, 0.2) is 0 Å². The first-order valence-electron chi connectivity index (χ1n) is 7.83. The van der Waals surface area contributed by atoms with Gasteiger partial charge in [-0.1, -0.05) is 25.7 Å². The van der Waals surface area contributed by atoms with E-state index in [2.05, 4.69) is 10.6 Å². The summed E-state index contributed by atoms with van der Waals surface area (Å²) in [6, 6.07) is -0.0611. The van der Waals surface area contributed by atoms with Gasteiger partial charge in [-0.05, 0) is 25.2 Å². The summed E-state index contributed by atoms with van der Waals surface area (Å²) in [6.45, 7) is -0.0161. The smallest absolute Gasteiger partial charge is 0.306 e. The van der Waals surface area contributed by atoms with E-state index in [0.29, 0.717) is 25.2 Å². The van der Waals surface area contributed by atoms with Gasteiger partial charge >= 0.3 is 5.97 Å². The highest BCUT2D eigenvalue weighted by Crippen LogP contribution is 2.28. The van der Waals surface area contributed by atoms with Gasteiger partial charge in [0, 0.05) is 12.5 Å². The van der Waals surface area contributed by atoms with Gasteiger partial charge in [-0.25, -0.2) is 0 Å². The van der Waals surface area contributed by atoms with E-state index in [-0.39, 0.29) is 30.3 Å². The quantitative estimate of drug-likeness (QED) is 0.654. The van der Waals surface area contributed by atoms with Gasteiger partial charge in [-0.3, -0.25) is 14.4 Å². The van der Waals surface area contributed by atoms with Crippen LogP contribution in [0.4, 0.5) is 0 Å². The SMILES string of the molecule is O=C(CCC1CCCC1)NCC(=O)NC1CC(C(=O)O)C1. The van der Waals surface area contributed by atoms with Gasteiger partial charge in [-0.2, -0.15) is 0 Å². The fraction of sp³-hybridized carbons (Fsp3) is 0.800. The van der Waals surface area contributed by atoms with E-state index in [9.17, 15) is 14.4 Å². The topological polar surface area (TPSA) is 95.5 Å². The largest absolute Gasteiger partial charge is 0.481 e. The second-order valence-electron chi connectivity index (χ2n) is 6.24. The van der Waals surface area contributed by atoms with Gasteiger partial charge in [0.15, 0.2) is 0 Å². The Morgan fingerprint density at radius 2 is 1.71 bits per heavy atom. The van der Waals surface area contributed by atoms with Crippen LogP contribution in [0.25, 0.3) is 0 Å². The summed E-state index contributed by atoms with van der Waals surface area (Å²) < 4.78 is 0. The van der Waals surface area contributed by atoms with Crippen molar-refractivity contribution >= 4 is 17.8 Å². The molecule has 2 aliphatic rings. The Hall–Kier alpha value is -1.59. The lowest BCUT2D eigenvalue weighted by Crippen LogP contribution is -2.49. The fourth-order valence-electron chi connectivity index (χ4n) is 3.12. The van der Waals surface area contributed by atoms with E-state index in [1.54, 1.807) is 0 Å². The van der Waals surface area contributed by atoms with Crippen molar-refractivity contribution in [2.24, 2.45) is 11.8 Å². The molecule has 0 aromatic rings. The Balaban J connectivity index is 1.52. The summed E-state index contributed by atoms with van der Waals surface area (Å²) in [4.78, 5) is 33.9. The van der Waals surface area contributed by atoms with E-state index >= 15 is 0 Å². The summed E-state index contributed by atoms with van der Waals surface area (Å²) in [6.07, 6.45) is 7.35. The minimum atomic E-state index is -0.805. The van der Waals surface area contributed by atoms with Crippen molar-refractivity contribution in [3.05, 3.63) is 0 Å². The Bertz CT molecular complexity index is 398. The Morgan fingerprint density at radius 3 is 2.33 bits per heavy atom. The number of carboxylic acid groups (broad SMARTS) is 1. The number of hydrogen-bond acceptors (Lipinski definition) is 3. The molecular weight excluding hydrogens is 272 g/mol. The molecule has 3 N–H and O–H groups in total. The number of nitrogens with one attached hydrogen (secondary N) is 2. The molecule has 6 nitrogen and oxygen atoms in total. The normalized spacial score (nSPS) is 25.1. The van der Waals surface area contributed by atoms with E-state index in [4.69, 9.17) is 5.11 Å². The minimum absolute atomic E-state index is 0.0161. The molecular formula is C15H24N2O4. The summed E-state index contributed by atoms with van der Waals surface area (Å²) >= 11 is 0. The molecule has 2 aliphatic carbocycles. The molecule has 21 heavy (non-hydrogen) atoms. The molecule has 0 aliphatic heterocycles. The minimum Gasteiger partial charge on any atom is -0.481 e. The van der Waals surface area contributed by atoms with Gasteiger partial charge in [0.2, 0.25) is 11.8 Å². The second kappa shape index (κ2) is 7.43. The van der Waals surface area contributed by atoms with Crippen molar-refractivity contribution in [2.75, 3.05) is 6.54 Å². The second-order valence-corrected chi connectivity index (χ2v) is 6.24. The summed E-state index contributed by atoms with van der Waals surface area (Å²) in [5.41, 5.74) is 0. The lowest BCUT2D eigenvalue weighted by atomic mass is 9.80. The van der Waals surface area contributed by atoms with Crippen molar-refractivity contribution in [1.29, 1.82) is 0 Å². The maximum atomic E-state index is 11.6. The molecule has 0 saturated heterocycles. The molecule has 0 radical (unpaired) electrons. The zero-order valence-corrected chi connectivity index (χ0v) is 12.3. The van der Waals surface area contributed by atoms with Gasteiger partial charge in [-0.15, -0.1) is 0 Å². The van der Waals surface area contributed by atoms with Crippen LogP contribution in [0, 0.1) is 11.8 Å². The first-order chi connectivity index (χ1) is 10.0. The maximum absolute atomic E-state index is 11.6. The average molecular weight is 296 g/mol. The number of carbonyl (C=O) groups is 3. The highest BCUT2D eigenvalue weighted by atomic mass is 16.4. The fourth-order valence-corrected chi connectivity index (χ4v) is 3.12. The van der Waals surface area contributed by atoms with Crippen molar-refractivity contribution in [2.45, 2.75) is 57.4 Å². The third-order valence-corrected chi connectivity index (χ3v) is 4.55. The molecule has 118 valence electrons. The number of carboxylic acids is 1. The van der Waals surface area contributed by atoms with Crippen LogP contribution in [0.3, 0.4) is 0 Å². The van der Waals surface area contributed by atoms with Crippen LogP contribution >= 0.6 is 0 Å². The number of amides is 2. The maximum Gasteiger partial charge on any atom is 0.306 e. The highest BCUT2D eigenvalue weighted by Gasteiger charge is 2.35. The van der Waals surface area contributed by atoms with Gasteiger partial charge in [0.1, 0.15) is 0 Å². The lowest BCUT2D eigenvalue weighted by molar-refractivity contribution is -0.146. The molecule has 0 atom stereocenters. The number of aliphatic carboxylic acids is 1. The van der Waals surface area contributed by atoms with Crippen LogP contribution in [-0.4, -0.2) is 35.5 Å². The Labute approximate surface area is 124 Å². The van der Waals surface area contributed by atoms with Gasteiger partial charge in [0.05, 0.1) is 12.5 Å². The molecule has 2 amide bonds. The number of carbonyl (C=O) groups excluding carboxylic acids is 2. The van der Waals surface area contributed by atoms with Crippen LogP contribution in [0.5, 0.6) is 0 Å². The van der Waals surface area contributed by atoms with E-state index in [0.717, 1.165) is 6.42 Å². The highest BCUT2D eigenvalue weighted by molar-refractivity contribution is 5.85. The first-order valence-corrected chi connectivity index (χ1v) is 7.83.